The van der Waals surface area contributed by atoms with Crippen molar-refractivity contribution in [2.24, 2.45) is 11.1 Å². The van der Waals surface area contributed by atoms with E-state index in [2.05, 4.69) is 10.6 Å². The van der Waals surface area contributed by atoms with Crippen LogP contribution in [0.2, 0.25) is 0 Å². The first kappa shape index (κ1) is 17.6. The van der Waals surface area contributed by atoms with E-state index in [4.69, 9.17) is 5.14 Å². The summed E-state index contributed by atoms with van der Waals surface area (Å²) in [5, 5.41) is 11.0. The van der Waals surface area contributed by atoms with Crippen LogP contribution in [0.15, 0.2) is 29.2 Å². The number of amides is 1. The van der Waals surface area contributed by atoms with E-state index in [0.29, 0.717) is 12.5 Å². The summed E-state index contributed by atoms with van der Waals surface area (Å²) in [7, 11) is -3.67. The summed E-state index contributed by atoms with van der Waals surface area (Å²) in [6, 6.07) is 6.22. The summed E-state index contributed by atoms with van der Waals surface area (Å²) in [5.41, 5.74) is 0.888. The third-order valence-corrected chi connectivity index (χ3v) is 3.91. The molecule has 1 amide bonds. The molecule has 1 rings (SSSR count). The van der Waals surface area contributed by atoms with Crippen molar-refractivity contribution in [3.63, 3.8) is 0 Å². The lowest BCUT2D eigenvalue weighted by Crippen LogP contribution is -2.36. The highest BCUT2D eigenvalue weighted by Gasteiger charge is 2.11. The highest BCUT2D eigenvalue weighted by molar-refractivity contribution is 7.89. The second-order valence-corrected chi connectivity index (χ2v) is 6.98. The Morgan fingerprint density at radius 3 is 2.24 bits per heavy atom. The van der Waals surface area contributed by atoms with Gasteiger partial charge in [0.25, 0.3) is 0 Å². The van der Waals surface area contributed by atoms with Gasteiger partial charge in [0.05, 0.1) is 11.4 Å². The topological polar surface area (TPSA) is 101 Å². The van der Waals surface area contributed by atoms with Crippen LogP contribution in [0.1, 0.15) is 32.4 Å². The monoisotopic (exact) mass is 313 g/mol. The maximum absolute atomic E-state index is 11.6. The molecular weight excluding hydrogens is 290 g/mol. The molecular formula is C14H23N3O3S. The summed E-state index contributed by atoms with van der Waals surface area (Å²) >= 11 is 0. The van der Waals surface area contributed by atoms with E-state index in [9.17, 15) is 13.2 Å². The molecule has 0 fully saturated rings. The molecule has 0 bridgehead atoms. The lowest BCUT2D eigenvalue weighted by molar-refractivity contribution is -0.120. The summed E-state index contributed by atoms with van der Waals surface area (Å²) < 4.78 is 22.3. The molecule has 7 heteroatoms. The first-order chi connectivity index (χ1) is 9.70. The number of nitrogens with one attached hydrogen (secondary N) is 2. The number of carbonyl (C=O) groups is 1. The van der Waals surface area contributed by atoms with Gasteiger partial charge in [0.2, 0.25) is 15.9 Å². The lowest BCUT2D eigenvalue weighted by Gasteiger charge is -2.15. The molecule has 0 saturated carbocycles. The Labute approximate surface area is 126 Å². The number of nitrogens with two attached hydrogens (primary N) is 1. The van der Waals surface area contributed by atoms with Gasteiger partial charge in [0.15, 0.2) is 0 Å². The van der Waals surface area contributed by atoms with E-state index in [1.165, 1.54) is 12.1 Å². The molecule has 1 unspecified atom stereocenters. The average molecular weight is 313 g/mol. The Hall–Kier alpha value is -1.44. The molecule has 0 spiro atoms. The van der Waals surface area contributed by atoms with E-state index < -0.39 is 10.0 Å². The highest BCUT2D eigenvalue weighted by Crippen LogP contribution is 2.15. The SMILES string of the molecule is CC(C)CNC(=O)CNC(C)c1ccc(S(N)(=O)=O)cc1. The van der Waals surface area contributed by atoms with Gasteiger partial charge < -0.3 is 10.6 Å². The minimum absolute atomic E-state index is 0.0586. The van der Waals surface area contributed by atoms with Crippen molar-refractivity contribution in [3.05, 3.63) is 29.8 Å². The summed E-state index contributed by atoms with van der Waals surface area (Å²) in [6.45, 7) is 6.83. The van der Waals surface area contributed by atoms with Crippen molar-refractivity contribution in [2.45, 2.75) is 31.7 Å². The Morgan fingerprint density at radius 1 is 1.19 bits per heavy atom. The van der Waals surface area contributed by atoms with Gasteiger partial charge >= 0.3 is 0 Å². The van der Waals surface area contributed by atoms with Crippen molar-refractivity contribution < 1.29 is 13.2 Å². The van der Waals surface area contributed by atoms with Crippen molar-refractivity contribution in [1.29, 1.82) is 0 Å². The van der Waals surface area contributed by atoms with Crippen LogP contribution in [-0.2, 0) is 14.8 Å². The number of hydrogen-bond acceptors (Lipinski definition) is 4. The second kappa shape index (κ2) is 7.53. The van der Waals surface area contributed by atoms with Gasteiger partial charge in [-0.25, -0.2) is 13.6 Å². The number of hydrogen-bond donors (Lipinski definition) is 3. The van der Waals surface area contributed by atoms with Gasteiger partial charge in [-0.1, -0.05) is 26.0 Å². The van der Waals surface area contributed by atoms with Gasteiger partial charge in [-0.2, -0.15) is 0 Å². The quantitative estimate of drug-likeness (QED) is 0.691. The van der Waals surface area contributed by atoms with Crippen molar-refractivity contribution in [1.82, 2.24) is 10.6 Å². The fourth-order valence-electron chi connectivity index (χ4n) is 1.69. The zero-order chi connectivity index (χ0) is 16.0. The van der Waals surface area contributed by atoms with Crippen LogP contribution in [0.4, 0.5) is 0 Å². The van der Waals surface area contributed by atoms with E-state index in [1.54, 1.807) is 12.1 Å². The third-order valence-electron chi connectivity index (χ3n) is 2.98. The minimum Gasteiger partial charge on any atom is -0.355 e. The number of primary sulfonamides is 1. The molecule has 21 heavy (non-hydrogen) atoms. The minimum atomic E-state index is -3.67. The highest BCUT2D eigenvalue weighted by atomic mass is 32.2. The standard InChI is InChI=1S/C14H23N3O3S/c1-10(2)8-17-14(18)9-16-11(3)12-4-6-13(7-5-12)21(15,19)20/h4-7,10-11,16H,8-9H2,1-3H3,(H,17,18)(H2,15,19,20). The number of rotatable bonds is 7. The van der Waals surface area contributed by atoms with Gasteiger partial charge in [0, 0.05) is 12.6 Å². The Morgan fingerprint density at radius 2 is 1.76 bits per heavy atom. The van der Waals surface area contributed by atoms with E-state index in [-0.39, 0.29) is 23.4 Å². The smallest absolute Gasteiger partial charge is 0.238 e. The molecule has 0 radical (unpaired) electrons. The van der Waals surface area contributed by atoms with Crippen molar-refractivity contribution in [2.75, 3.05) is 13.1 Å². The zero-order valence-corrected chi connectivity index (χ0v) is 13.4. The summed E-state index contributed by atoms with van der Waals surface area (Å²) in [6.07, 6.45) is 0. The molecule has 0 aliphatic heterocycles. The molecule has 0 aliphatic rings. The maximum Gasteiger partial charge on any atom is 0.238 e. The van der Waals surface area contributed by atoms with Crippen molar-refractivity contribution in [3.8, 4) is 0 Å². The van der Waals surface area contributed by atoms with Gasteiger partial charge in [0.1, 0.15) is 0 Å². The Balaban J connectivity index is 2.52. The third kappa shape index (κ3) is 6.24. The van der Waals surface area contributed by atoms with Crippen LogP contribution in [-0.4, -0.2) is 27.4 Å². The van der Waals surface area contributed by atoms with E-state index in [1.807, 2.05) is 20.8 Å². The second-order valence-electron chi connectivity index (χ2n) is 5.41. The molecule has 0 aliphatic carbocycles. The van der Waals surface area contributed by atoms with Gasteiger partial charge in [-0.3, -0.25) is 4.79 Å². The normalized spacial score (nSPS) is 13.2. The van der Waals surface area contributed by atoms with E-state index in [0.717, 1.165) is 5.56 Å². The number of sulfonamides is 1. The molecule has 1 aromatic rings. The van der Waals surface area contributed by atoms with Crippen LogP contribution < -0.4 is 15.8 Å². The molecule has 6 nitrogen and oxygen atoms in total. The fraction of sp³-hybridized carbons (Fsp3) is 0.500. The van der Waals surface area contributed by atoms with Crippen LogP contribution in [0.5, 0.6) is 0 Å². The summed E-state index contributed by atoms with van der Waals surface area (Å²) in [5.74, 6) is 0.355. The zero-order valence-electron chi connectivity index (χ0n) is 12.6. The van der Waals surface area contributed by atoms with E-state index >= 15 is 0 Å². The molecule has 4 N–H and O–H groups in total. The molecule has 0 aromatic heterocycles. The number of benzene rings is 1. The van der Waals surface area contributed by atoms with Crippen LogP contribution in [0.25, 0.3) is 0 Å². The Kier molecular flexibility index (Phi) is 6.32. The Bertz CT molecular complexity index is 568. The number of carbonyl (C=O) groups excluding carboxylic acids is 1. The van der Waals surface area contributed by atoms with Gasteiger partial charge in [-0.15, -0.1) is 0 Å². The molecule has 118 valence electrons. The molecule has 1 atom stereocenters. The van der Waals surface area contributed by atoms with Crippen LogP contribution >= 0.6 is 0 Å². The molecule has 1 aromatic carbocycles. The predicted molar refractivity (Wildman–Crippen MR) is 82.1 cm³/mol. The maximum atomic E-state index is 11.6. The first-order valence-corrected chi connectivity index (χ1v) is 8.37. The fourth-order valence-corrected chi connectivity index (χ4v) is 2.21. The average Bonchev–Trinajstić information content (AvgIpc) is 2.41. The first-order valence-electron chi connectivity index (χ1n) is 6.83. The largest absolute Gasteiger partial charge is 0.355 e. The van der Waals surface area contributed by atoms with Crippen LogP contribution in [0.3, 0.4) is 0 Å². The molecule has 0 saturated heterocycles. The van der Waals surface area contributed by atoms with Crippen LogP contribution in [0, 0.1) is 5.92 Å². The summed E-state index contributed by atoms with van der Waals surface area (Å²) in [4.78, 5) is 11.7. The molecule has 0 heterocycles. The lowest BCUT2D eigenvalue weighted by atomic mass is 10.1. The van der Waals surface area contributed by atoms with Gasteiger partial charge in [-0.05, 0) is 30.5 Å². The van der Waals surface area contributed by atoms with Crippen molar-refractivity contribution >= 4 is 15.9 Å². The predicted octanol–water partition coefficient (Wildman–Crippen LogP) is 0.757.